The molecule has 0 unspecified atom stereocenters. The van der Waals surface area contributed by atoms with Crippen LogP contribution < -0.4 is 5.32 Å². The molecule has 0 radical (unpaired) electrons. The zero-order valence-electron chi connectivity index (χ0n) is 10.9. The lowest BCUT2D eigenvalue weighted by Crippen LogP contribution is -2.18. The Kier molecular flexibility index (Phi) is 3.82. The number of carbonyl (C=O) groups excluding carboxylic acids is 1. The van der Waals surface area contributed by atoms with Gasteiger partial charge in [-0.25, -0.2) is 4.98 Å². The standard InChI is InChI=1S/C15H11Cl2N3O/c16-10-5-6-12(11(17)7-10)19-15(21)8-20-9-18-13-3-1-2-4-14(13)20/h1-7,9H,8H2,(H,19,21). The molecule has 3 rings (SSSR count). The van der Waals surface area contributed by atoms with Crippen LogP contribution in [0.15, 0.2) is 48.8 Å². The lowest BCUT2D eigenvalue weighted by Gasteiger charge is -2.08. The second-order valence-electron chi connectivity index (χ2n) is 4.53. The summed E-state index contributed by atoms with van der Waals surface area (Å²) >= 11 is 11.9. The molecule has 0 fully saturated rings. The molecule has 0 spiro atoms. The summed E-state index contributed by atoms with van der Waals surface area (Å²) in [5, 5.41) is 3.70. The van der Waals surface area contributed by atoms with Gasteiger partial charge in [-0.3, -0.25) is 4.79 Å². The van der Waals surface area contributed by atoms with Gasteiger partial charge in [0, 0.05) is 5.02 Å². The molecule has 4 nitrogen and oxygen atoms in total. The molecule has 106 valence electrons. The summed E-state index contributed by atoms with van der Waals surface area (Å²) in [6.45, 7) is 0.166. The molecule has 0 aliphatic rings. The third kappa shape index (κ3) is 3.01. The first-order valence-electron chi connectivity index (χ1n) is 6.28. The number of fused-ring (bicyclic) bond motifs is 1. The first kappa shape index (κ1) is 13.9. The number of hydrogen-bond donors (Lipinski definition) is 1. The van der Waals surface area contributed by atoms with Crippen molar-refractivity contribution in [3.63, 3.8) is 0 Å². The van der Waals surface area contributed by atoms with Crippen molar-refractivity contribution in [1.29, 1.82) is 0 Å². The molecule has 6 heteroatoms. The van der Waals surface area contributed by atoms with Gasteiger partial charge in [-0.2, -0.15) is 0 Å². The highest BCUT2D eigenvalue weighted by Gasteiger charge is 2.09. The molecule has 3 aromatic rings. The Morgan fingerprint density at radius 2 is 2.00 bits per heavy atom. The van der Waals surface area contributed by atoms with E-state index in [1.807, 2.05) is 24.3 Å². The Morgan fingerprint density at radius 1 is 1.19 bits per heavy atom. The number of para-hydroxylation sites is 2. The zero-order chi connectivity index (χ0) is 14.8. The van der Waals surface area contributed by atoms with Crippen molar-refractivity contribution in [3.8, 4) is 0 Å². The van der Waals surface area contributed by atoms with Gasteiger partial charge in [-0.15, -0.1) is 0 Å². The Bertz CT molecular complexity index is 814. The number of imidazole rings is 1. The van der Waals surface area contributed by atoms with E-state index in [0.29, 0.717) is 15.7 Å². The summed E-state index contributed by atoms with van der Waals surface area (Å²) in [5.41, 5.74) is 2.31. The number of amides is 1. The molecule has 2 aromatic carbocycles. The summed E-state index contributed by atoms with van der Waals surface area (Å²) in [7, 11) is 0. The van der Waals surface area contributed by atoms with Gasteiger partial charge in [-0.1, -0.05) is 35.3 Å². The summed E-state index contributed by atoms with van der Waals surface area (Å²) < 4.78 is 1.79. The predicted octanol–water partition coefficient (Wildman–Crippen LogP) is 3.98. The smallest absolute Gasteiger partial charge is 0.244 e. The maximum Gasteiger partial charge on any atom is 0.244 e. The lowest BCUT2D eigenvalue weighted by atomic mass is 10.3. The maximum atomic E-state index is 12.1. The van der Waals surface area contributed by atoms with E-state index < -0.39 is 0 Å². The number of hydrogen-bond acceptors (Lipinski definition) is 2. The number of rotatable bonds is 3. The Balaban J connectivity index is 1.77. The highest BCUT2D eigenvalue weighted by atomic mass is 35.5. The van der Waals surface area contributed by atoms with Crippen molar-refractivity contribution in [2.45, 2.75) is 6.54 Å². The van der Waals surface area contributed by atoms with Gasteiger partial charge < -0.3 is 9.88 Å². The average molecular weight is 320 g/mol. The van der Waals surface area contributed by atoms with E-state index in [9.17, 15) is 4.79 Å². The van der Waals surface area contributed by atoms with Crippen LogP contribution in [0.2, 0.25) is 10.0 Å². The summed E-state index contributed by atoms with van der Waals surface area (Å²) in [5.74, 6) is -0.178. The minimum absolute atomic E-state index is 0.166. The molecular weight excluding hydrogens is 309 g/mol. The lowest BCUT2D eigenvalue weighted by molar-refractivity contribution is -0.116. The van der Waals surface area contributed by atoms with Crippen LogP contribution in [0.5, 0.6) is 0 Å². The van der Waals surface area contributed by atoms with Crippen molar-refractivity contribution >= 4 is 45.8 Å². The number of carbonyl (C=O) groups is 1. The van der Waals surface area contributed by atoms with E-state index in [1.54, 1.807) is 29.1 Å². The molecule has 0 bridgehead atoms. The minimum Gasteiger partial charge on any atom is -0.323 e. The molecular formula is C15H11Cl2N3O. The van der Waals surface area contributed by atoms with E-state index in [-0.39, 0.29) is 12.5 Å². The van der Waals surface area contributed by atoms with Gasteiger partial charge in [0.1, 0.15) is 6.54 Å². The second kappa shape index (κ2) is 5.76. The normalized spacial score (nSPS) is 10.8. The first-order chi connectivity index (χ1) is 10.1. The third-order valence-corrected chi connectivity index (χ3v) is 3.59. The van der Waals surface area contributed by atoms with Gasteiger partial charge in [0.2, 0.25) is 5.91 Å². The van der Waals surface area contributed by atoms with E-state index in [2.05, 4.69) is 10.3 Å². The molecule has 21 heavy (non-hydrogen) atoms. The molecule has 0 atom stereocenters. The largest absolute Gasteiger partial charge is 0.323 e. The summed E-state index contributed by atoms with van der Waals surface area (Å²) in [6, 6.07) is 12.6. The maximum absolute atomic E-state index is 12.1. The highest BCUT2D eigenvalue weighted by molar-refractivity contribution is 6.36. The fourth-order valence-corrected chi connectivity index (χ4v) is 2.53. The molecule has 0 aliphatic heterocycles. The SMILES string of the molecule is O=C(Cn1cnc2ccccc21)Nc1ccc(Cl)cc1Cl. The van der Waals surface area contributed by atoms with Crippen molar-refractivity contribution in [3.05, 3.63) is 58.8 Å². The molecule has 0 saturated carbocycles. The molecule has 0 aliphatic carbocycles. The molecule has 1 amide bonds. The number of nitrogens with zero attached hydrogens (tertiary/aromatic N) is 2. The Hall–Kier alpha value is -2.04. The predicted molar refractivity (Wildman–Crippen MR) is 84.8 cm³/mol. The van der Waals surface area contributed by atoms with E-state index in [0.717, 1.165) is 11.0 Å². The molecule has 1 N–H and O–H groups in total. The van der Waals surface area contributed by atoms with Crippen LogP contribution in [-0.4, -0.2) is 15.5 Å². The second-order valence-corrected chi connectivity index (χ2v) is 5.38. The number of aromatic nitrogens is 2. The van der Waals surface area contributed by atoms with Gasteiger partial charge >= 0.3 is 0 Å². The van der Waals surface area contributed by atoms with Crippen molar-refractivity contribution < 1.29 is 4.79 Å². The quantitative estimate of drug-likeness (QED) is 0.793. The monoisotopic (exact) mass is 319 g/mol. The fourth-order valence-electron chi connectivity index (χ4n) is 2.07. The zero-order valence-corrected chi connectivity index (χ0v) is 12.4. The van der Waals surface area contributed by atoms with Crippen molar-refractivity contribution in [2.24, 2.45) is 0 Å². The van der Waals surface area contributed by atoms with Crippen molar-refractivity contribution in [1.82, 2.24) is 9.55 Å². The minimum atomic E-state index is -0.178. The summed E-state index contributed by atoms with van der Waals surface area (Å²) in [6.07, 6.45) is 1.65. The van der Waals surface area contributed by atoms with Gasteiger partial charge in [0.05, 0.1) is 28.1 Å². The molecule has 1 heterocycles. The van der Waals surface area contributed by atoms with Crippen LogP contribution in [0.4, 0.5) is 5.69 Å². The van der Waals surface area contributed by atoms with Crippen LogP contribution in [0.1, 0.15) is 0 Å². The number of anilines is 1. The summed E-state index contributed by atoms with van der Waals surface area (Å²) in [4.78, 5) is 16.4. The van der Waals surface area contributed by atoms with E-state index in [4.69, 9.17) is 23.2 Å². The van der Waals surface area contributed by atoms with E-state index >= 15 is 0 Å². The van der Waals surface area contributed by atoms with E-state index in [1.165, 1.54) is 0 Å². The van der Waals surface area contributed by atoms with Crippen LogP contribution in [0.25, 0.3) is 11.0 Å². The van der Waals surface area contributed by atoms with Crippen LogP contribution in [-0.2, 0) is 11.3 Å². The Labute approximate surface area is 131 Å². The van der Waals surface area contributed by atoms with Crippen molar-refractivity contribution in [2.75, 3.05) is 5.32 Å². The molecule has 1 aromatic heterocycles. The third-order valence-electron chi connectivity index (χ3n) is 3.05. The average Bonchev–Trinajstić information content (AvgIpc) is 2.85. The van der Waals surface area contributed by atoms with Gasteiger partial charge in [-0.05, 0) is 30.3 Å². The number of halogens is 2. The molecule has 0 saturated heterocycles. The highest BCUT2D eigenvalue weighted by Crippen LogP contribution is 2.25. The number of benzene rings is 2. The number of nitrogens with one attached hydrogen (secondary N) is 1. The van der Waals surface area contributed by atoms with Crippen LogP contribution in [0, 0.1) is 0 Å². The fraction of sp³-hybridized carbons (Fsp3) is 0.0667. The van der Waals surface area contributed by atoms with Gasteiger partial charge in [0.25, 0.3) is 0 Å². The topological polar surface area (TPSA) is 46.9 Å². The first-order valence-corrected chi connectivity index (χ1v) is 7.04. The van der Waals surface area contributed by atoms with Gasteiger partial charge in [0.15, 0.2) is 0 Å². The van der Waals surface area contributed by atoms with Crippen LogP contribution >= 0.6 is 23.2 Å². The van der Waals surface area contributed by atoms with Crippen LogP contribution in [0.3, 0.4) is 0 Å². The Morgan fingerprint density at radius 3 is 2.81 bits per heavy atom.